The normalized spacial score (nSPS) is 11.6. The quantitative estimate of drug-likeness (QED) is 0.320. The van der Waals surface area contributed by atoms with Crippen molar-refractivity contribution in [3.05, 3.63) is 58.7 Å². The monoisotopic (exact) mass is 320 g/mol. The van der Waals surface area contributed by atoms with Gasteiger partial charge in [-0.25, -0.2) is 35.1 Å². The van der Waals surface area contributed by atoms with Gasteiger partial charge in [-0.2, -0.15) is 0 Å². The summed E-state index contributed by atoms with van der Waals surface area (Å²) in [7, 11) is 0. The van der Waals surface area contributed by atoms with Crippen molar-refractivity contribution >= 4 is 21.5 Å². The summed E-state index contributed by atoms with van der Waals surface area (Å²) in [5, 5.41) is -6.16. The van der Waals surface area contributed by atoms with E-state index in [1.807, 2.05) is 0 Å². The van der Waals surface area contributed by atoms with Gasteiger partial charge in [-0.3, -0.25) is 0 Å². The first-order valence-corrected chi connectivity index (χ1v) is 5.51. The van der Waals surface area contributed by atoms with Gasteiger partial charge in [-0.05, 0) is 0 Å². The maximum Gasteiger partial charge on any atom is 0.170 e. The summed E-state index contributed by atoms with van der Waals surface area (Å²) in [6.07, 6.45) is 0. The van der Waals surface area contributed by atoms with Crippen LogP contribution in [0.3, 0.4) is 0 Å². The summed E-state index contributed by atoms with van der Waals surface area (Å²) >= 11 is 0. The van der Waals surface area contributed by atoms with Crippen LogP contribution in [0.1, 0.15) is 0 Å². The molecule has 0 aliphatic rings. The SMILES string of the molecule is Fc1[c]c(F)c2c(F)c3c(F)c(F)[c]c(F)c3c(F)c2c1F. The van der Waals surface area contributed by atoms with Crippen molar-refractivity contribution in [3.63, 3.8) is 0 Å². The minimum atomic E-state index is -2.04. The summed E-state index contributed by atoms with van der Waals surface area (Å²) in [6, 6.07) is 2.26. The maximum atomic E-state index is 14.1. The van der Waals surface area contributed by atoms with Gasteiger partial charge in [0.05, 0.1) is 33.7 Å². The van der Waals surface area contributed by atoms with Crippen LogP contribution in [-0.4, -0.2) is 0 Å². The minimum Gasteiger partial charge on any atom is -0.205 e. The average Bonchev–Trinajstić information content (AvgIpc) is 2.44. The summed E-state index contributed by atoms with van der Waals surface area (Å²) in [6.45, 7) is 0. The molecule has 8 heteroatoms. The van der Waals surface area contributed by atoms with Gasteiger partial charge in [0.1, 0.15) is 23.3 Å². The van der Waals surface area contributed by atoms with Crippen LogP contribution in [-0.2, 0) is 0 Å². The Morgan fingerprint density at radius 2 is 0.682 bits per heavy atom. The second-order valence-corrected chi connectivity index (χ2v) is 4.26. The lowest BCUT2D eigenvalue weighted by molar-refractivity contribution is 0.489. The molecule has 0 heterocycles. The van der Waals surface area contributed by atoms with E-state index in [4.69, 9.17) is 0 Å². The average molecular weight is 320 g/mol. The second kappa shape index (κ2) is 4.56. The molecular formula is C14F8. The van der Waals surface area contributed by atoms with Crippen LogP contribution in [0.15, 0.2) is 0 Å². The van der Waals surface area contributed by atoms with Gasteiger partial charge in [0.25, 0.3) is 0 Å². The van der Waals surface area contributed by atoms with Gasteiger partial charge in [0, 0.05) is 0 Å². The fraction of sp³-hybridized carbons (Fsp3) is 0. The first-order chi connectivity index (χ1) is 10.3. The predicted molar refractivity (Wildman–Crippen MR) is 58.8 cm³/mol. The highest BCUT2D eigenvalue weighted by Crippen LogP contribution is 2.37. The topological polar surface area (TPSA) is 0 Å². The molecule has 0 nitrogen and oxygen atoms in total. The first-order valence-electron chi connectivity index (χ1n) is 5.51. The fourth-order valence-electron chi connectivity index (χ4n) is 2.16. The molecule has 0 amide bonds. The fourth-order valence-corrected chi connectivity index (χ4v) is 2.16. The third-order valence-corrected chi connectivity index (χ3v) is 3.08. The van der Waals surface area contributed by atoms with Gasteiger partial charge >= 0.3 is 0 Å². The van der Waals surface area contributed by atoms with Crippen LogP contribution >= 0.6 is 0 Å². The van der Waals surface area contributed by atoms with Crippen LogP contribution in [0, 0.1) is 58.7 Å². The molecule has 112 valence electrons. The molecule has 22 heavy (non-hydrogen) atoms. The molecule has 0 fully saturated rings. The Morgan fingerprint density at radius 3 is 1.00 bits per heavy atom. The number of hydrogen-bond donors (Lipinski definition) is 0. The zero-order valence-corrected chi connectivity index (χ0v) is 10.0. The molecule has 0 aliphatic carbocycles. The molecule has 0 atom stereocenters. The summed E-state index contributed by atoms with van der Waals surface area (Å²) in [5.41, 5.74) is 0. The van der Waals surface area contributed by atoms with Crippen molar-refractivity contribution in [3.8, 4) is 0 Å². The Bertz CT molecular complexity index is 882. The molecule has 0 aliphatic heterocycles. The maximum absolute atomic E-state index is 14.1. The number of hydrogen-bond acceptors (Lipinski definition) is 0. The smallest absolute Gasteiger partial charge is 0.170 e. The van der Waals surface area contributed by atoms with Crippen molar-refractivity contribution < 1.29 is 35.1 Å². The van der Waals surface area contributed by atoms with Crippen LogP contribution < -0.4 is 0 Å². The first kappa shape index (κ1) is 14.6. The van der Waals surface area contributed by atoms with E-state index < -0.39 is 68.1 Å². The molecule has 3 aromatic rings. The number of halogens is 8. The largest absolute Gasteiger partial charge is 0.205 e. The Morgan fingerprint density at radius 1 is 0.364 bits per heavy atom. The second-order valence-electron chi connectivity index (χ2n) is 4.26. The van der Waals surface area contributed by atoms with E-state index in [1.54, 1.807) is 0 Å². The summed E-state index contributed by atoms with van der Waals surface area (Å²) in [5.74, 6) is -15.8. The van der Waals surface area contributed by atoms with E-state index in [2.05, 4.69) is 0 Å². The lowest BCUT2D eigenvalue weighted by atomic mass is 9.99. The van der Waals surface area contributed by atoms with E-state index in [9.17, 15) is 35.1 Å². The van der Waals surface area contributed by atoms with Crippen molar-refractivity contribution in [2.75, 3.05) is 0 Å². The van der Waals surface area contributed by atoms with Crippen LogP contribution in [0.4, 0.5) is 35.1 Å². The van der Waals surface area contributed by atoms with Gasteiger partial charge in [0.2, 0.25) is 0 Å². The van der Waals surface area contributed by atoms with Crippen LogP contribution in [0.5, 0.6) is 0 Å². The highest BCUT2D eigenvalue weighted by molar-refractivity contribution is 6.00. The van der Waals surface area contributed by atoms with Crippen molar-refractivity contribution in [2.45, 2.75) is 0 Å². The standard InChI is InChI=1S/C14F8/c15-3-1-5(17)11(19)9-7(3)13(21)10-8(14(9)22)4(16)2-6(18)12(10)20. The van der Waals surface area contributed by atoms with Crippen LogP contribution in [0.25, 0.3) is 21.5 Å². The molecular weight excluding hydrogens is 320 g/mol. The van der Waals surface area contributed by atoms with E-state index in [-0.39, 0.29) is 0 Å². The molecule has 0 N–H and O–H groups in total. The van der Waals surface area contributed by atoms with Crippen molar-refractivity contribution in [1.29, 1.82) is 0 Å². The number of rotatable bonds is 0. The summed E-state index contributed by atoms with van der Waals surface area (Å²) < 4.78 is 109. The Labute approximate surface area is 116 Å². The molecule has 0 spiro atoms. The van der Waals surface area contributed by atoms with E-state index >= 15 is 0 Å². The minimum absolute atomic E-state index is 1.13. The number of benzene rings is 3. The molecule has 2 radical (unpaired) electrons. The molecule has 3 aromatic carbocycles. The van der Waals surface area contributed by atoms with Crippen molar-refractivity contribution in [2.24, 2.45) is 0 Å². The molecule has 0 aromatic heterocycles. The molecule has 0 unspecified atom stereocenters. The third kappa shape index (κ3) is 1.69. The zero-order chi connectivity index (χ0) is 16.3. The highest BCUT2D eigenvalue weighted by Gasteiger charge is 2.28. The van der Waals surface area contributed by atoms with E-state index in [0.717, 1.165) is 12.1 Å². The molecule has 0 saturated carbocycles. The Balaban J connectivity index is 2.78. The highest BCUT2D eigenvalue weighted by atomic mass is 19.2. The Kier molecular flexibility index (Phi) is 3.01. The molecule has 0 saturated heterocycles. The lowest BCUT2D eigenvalue weighted by Crippen LogP contribution is -2.03. The van der Waals surface area contributed by atoms with Gasteiger partial charge in [-0.1, -0.05) is 0 Å². The third-order valence-electron chi connectivity index (χ3n) is 3.08. The molecule has 3 rings (SSSR count). The predicted octanol–water partition coefficient (Wildman–Crippen LogP) is 4.71. The van der Waals surface area contributed by atoms with Crippen molar-refractivity contribution in [1.82, 2.24) is 0 Å². The van der Waals surface area contributed by atoms with Gasteiger partial charge in [-0.15, -0.1) is 0 Å². The molecule has 0 bridgehead atoms. The summed E-state index contributed by atoms with van der Waals surface area (Å²) in [4.78, 5) is 0. The Hall–Kier alpha value is -2.38. The van der Waals surface area contributed by atoms with Crippen LogP contribution in [0.2, 0.25) is 0 Å². The van der Waals surface area contributed by atoms with E-state index in [0.29, 0.717) is 0 Å². The number of fused-ring (bicyclic) bond motifs is 2. The zero-order valence-electron chi connectivity index (χ0n) is 10.0. The van der Waals surface area contributed by atoms with Gasteiger partial charge in [0.15, 0.2) is 23.3 Å². The lowest BCUT2D eigenvalue weighted by Gasteiger charge is -2.11. The van der Waals surface area contributed by atoms with E-state index in [1.165, 1.54) is 0 Å². The van der Waals surface area contributed by atoms with Gasteiger partial charge < -0.3 is 0 Å².